The minimum atomic E-state index is 0. The van der Waals surface area contributed by atoms with Crippen molar-refractivity contribution >= 4 is 0 Å². The molecule has 1 aromatic heterocycles. The van der Waals surface area contributed by atoms with E-state index < -0.39 is 0 Å². The molecule has 3 heteroatoms. The molecule has 0 aliphatic carbocycles. The monoisotopic (exact) mass is 236 g/mol. The fraction of sp³-hybridized carbons (Fsp3) is 0.333. The fourth-order valence-electron chi connectivity index (χ4n) is 0.822. The molecule has 0 aliphatic rings. The maximum Gasteiger partial charge on any atom is 0.0135 e. The van der Waals surface area contributed by atoms with Crippen LogP contribution in [0.2, 0.25) is 0 Å². The summed E-state index contributed by atoms with van der Waals surface area (Å²) in [6.07, 6.45) is 9.39. The van der Waals surface area contributed by atoms with E-state index in [-0.39, 0.29) is 32.7 Å². The number of aromatic nitrogens is 2. The minimum Gasteiger partial charge on any atom is -0.373 e. The second-order valence-corrected chi connectivity index (χ2v) is 2.28. The third kappa shape index (κ3) is 4.73. The Kier molecular flexibility index (Phi) is 7.52. The fourth-order valence-corrected chi connectivity index (χ4v) is 0.822. The summed E-state index contributed by atoms with van der Waals surface area (Å²) in [7, 11) is 0. The van der Waals surface area contributed by atoms with Crippen LogP contribution in [0.4, 0.5) is 0 Å². The molecule has 0 fully saturated rings. The van der Waals surface area contributed by atoms with E-state index in [2.05, 4.69) is 22.7 Å². The summed E-state index contributed by atoms with van der Waals surface area (Å²) in [5.41, 5.74) is 0. The van der Waals surface area contributed by atoms with Gasteiger partial charge in [0.2, 0.25) is 0 Å². The molecular weight excluding hydrogens is 225 g/mol. The van der Waals surface area contributed by atoms with Crippen LogP contribution in [-0.2, 0) is 39.1 Å². The molecule has 0 saturated carbocycles. The number of allylic oxidation sites excluding steroid dienone is 1. The molecule has 1 aromatic rings. The SMILES string of the molecule is C=CCCCc1n[c-]ccn1.[Y]. The van der Waals surface area contributed by atoms with Gasteiger partial charge in [0.25, 0.3) is 0 Å². The molecule has 61 valence electrons. The van der Waals surface area contributed by atoms with Crippen molar-refractivity contribution in [3.63, 3.8) is 0 Å². The number of hydrogen-bond acceptors (Lipinski definition) is 2. The number of nitrogens with zero attached hydrogens (tertiary/aromatic N) is 2. The molecule has 0 spiro atoms. The largest absolute Gasteiger partial charge is 0.373 e. The number of rotatable bonds is 4. The molecule has 0 saturated heterocycles. The Hall–Kier alpha value is -0.0761. The third-order valence-electron chi connectivity index (χ3n) is 1.37. The van der Waals surface area contributed by atoms with E-state index in [1.807, 2.05) is 6.08 Å². The molecule has 0 unspecified atom stereocenters. The van der Waals surface area contributed by atoms with Gasteiger partial charge in [-0.25, -0.2) is 0 Å². The van der Waals surface area contributed by atoms with Crippen molar-refractivity contribution < 1.29 is 32.7 Å². The Labute approximate surface area is 98.4 Å². The van der Waals surface area contributed by atoms with Gasteiger partial charge in [-0.1, -0.05) is 24.9 Å². The minimum absolute atomic E-state index is 0. The molecule has 0 amide bonds. The van der Waals surface area contributed by atoms with Gasteiger partial charge in [-0.2, -0.15) is 0 Å². The van der Waals surface area contributed by atoms with Gasteiger partial charge in [-0.3, -0.25) is 0 Å². The van der Waals surface area contributed by atoms with Gasteiger partial charge in [-0.05, 0) is 12.8 Å². The first kappa shape index (κ1) is 11.9. The van der Waals surface area contributed by atoms with Gasteiger partial charge in [0.05, 0.1) is 0 Å². The summed E-state index contributed by atoms with van der Waals surface area (Å²) in [4.78, 5) is 8.05. The van der Waals surface area contributed by atoms with Gasteiger partial charge < -0.3 is 9.97 Å². The number of aryl methyl sites for hydroxylation is 1. The Balaban J connectivity index is 0.00000121. The second-order valence-electron chi connectivity index (χ2n) is 2.28. The summed E-state index contributed by atoms with van der Waals surface area (Å²) in [6.45, 7) is 3.64. The molecule has 0 aromatic carbocycles. The Morgan fingerprint density at radius 3 is 3.00 bits per heavy atom. The van der Waals surface area contributed by atoms with Crippen molar-refractivity contribution in [3.8, 4) is 0 Å². The average Bonchev–Trinajstić information content (AvgIpc) is 2.07. The van der Waals surface area contributed by atoms with Crippen molar-refractivity contribution in [2.75, 3.05) is 0 Å². The third-order valence-corrected chi connectivity index (χ3v) is 1.37. The van der Waals surface area contributed by atoms with E-state index >= 15 is 0 Å². The first-order valence-corrected chi connectivity index (χ1v) is 3.72. The van der Waals surface area contributed by atoms with Gasteiger partial charge >= 0.3 is 0 Å². The van der Waals surface area contributed by atoms with Crippen LogP contribution in [0.5, 0.6) is 0 Å². The topological polar surface area (TPSA) is 25.8 Å². The maximum atomic E-state index is 4.07. The molecule has 0 aliphatic heterocycles. The van der Waals surface area contributed by atoms with Crippen LogP contribution in [0.25, 0.3) is 0 Å². The Bertz CT molecular complexity index is 211. The Morgan fingerprint density at radius 2 is 2.42 bits per heavy atom. The first-order chi connectivity index (χ1) is 5.43. The van der Waals surface area contributed by atoms with E-state index in [9.17, 15) is 0 Å². The number of hydrogen-bond donors (Lipinski definition) is 0. The van der Waals surface area contributed by atoms with Crippen LogP contribution in [0, 0.1) is 6.20 Å². The maximum absolute atomic E-state index is 4.07. The van der Waals surface area contributed by atoms with E-state index in [0.717, 1.165) is 25.1 Å². The predicted octanol–water partition coefficient (Wildman–Crippen LogP) is 1.78. The summed E-state index contributed by atoms with van der Waals surface area (Å²) >= 11 is 0. The molecule has 1 heterocycles. The van der Waals surface area contributed by atoms with Crippen LogP contribution in [0.1, 0.15) is 18.7 Å². The van der Waals surface area contributed by atoms with Crippen molar-refractivity contribution in [1.29, 1.82) is 0 Å². The van der Waals surface area contributed by atoms with Crippen LogP contribution >= 0.6 is 0 Å². The van der Waals surface area contributed by atoms with Crippen molar-refractivity contribution in [2.45, 2.75) is 19.3 Å². The predicted molar refractivity (Wildman–Crippen MR) is 44.0 cm³/mol. The molecular formula is C9H11N2Y-. The summed E-state index contributed by atoms with van der Waals surface area (Å²) < 4.78 is 0. The van der Waals surface area contributed by atoms with Crippen molar-refractivity contribution in [1.82, 2.24) is 9.97 Å². The van der Waals surface area contributed by atoms with Gasteiger partial charge in [0, 0.05) is 38.5 Å². The van der Waals surface area contributed by atoms with Gasteiger partial charge in [0.1, 0.15) is 0 Å². The van der Waals surface area contributed by atoms with Crippen LogP contribution < -0.4 is 0 Å². The smallest absolute Gasteiger partial charge is 0.0135 e. The normalized spacial score (nSPS) is 8.67. The molecule has 2 nitrogen and oxygen atoms in total. The number of unbranched alkanes of at least 4 members (excludes halogenated alkanes) is 1. The zero-order valence-corrected chi connectivity index (χ0v) is 9.87. The molecule has 1 radical (unpaired) electrons. The van der Waals surface area contributed by atoms with Crippen LogP contribution in [-0.4, -0.2) is 9.97 Å². The molecule has 12 heavy (non-hydrogen) atoms. The zero-order valence-electron chi connectivity index (χ0n) is 7.03. The van der Waals surface area contributed by atoms with E-state index in [1.54, 1.807) is 12.3 Å². The molecule has 1 rings (SSSR count). The van der Waals surface area contributed by atoms with Gasteiger partial charge in [0.15, 0.2) is 0 Å². The molecule has 0 N–H and O–H groups in total. The molecule has 0 bridgehead atoms. The van der Waals surface area contributed by atoms with Crippen molar-refractivity contribution in [2.24, 2.45) is 0 Å². The standard InChI is InChI=1S/C9H11N2.Y/c1-2-3-4-6-9-10-7-5-8-11-9;/h2,5,7H,1,3-4,6H2;/q-1;. The first-order valence-electron chi connectivity index (χ1n) is 3.72. The van der Waals surface area contributed by atoms with Crippen LogP contribution in [0.15, 0.2) is 24.9 Å². The van der Waals surface area contributed by atoms with E-state index in [1.165, 1.54) is 0 Å². The second kappa shape index (κ2) is 7.57. The van der Waals surface area contributed by atoms with Crippen LogP contribution in [0.3, 0.4) is 0 Å². The van der Waals surface area contributed by atoms with Gasteiger partial charge in [-0.15, -0.1) is 12.6 Å². The van der Waals surface area contributed by atoms with E-state index in [4.69, 9.17) is 0 Å². The van der Waals surface area contributed by atoms with Crippen molar-refractivity contribution in [3.05, 3.63) is 36.9 Å². The average molecular weight is 236 g/mol. The zero-order chi connectivity index (χ0) is 7.94. The summed E-state index contributed by atoms with van der Waals surface area (Å²) in [5, 5.41) is 0. The summed E-state index contributed by atoms with van der Waals surface area (Å²) in [6, 6.07) is 1.71. The quantitative estimate of drug-likeness (QED) is 0.452. The Morgan fingerprint density at radius 1 is 1.58 bits per heavy atom. The molecule has 0 atom stereocenters. The summed E-state index contributed by atoms with van der Waals surface area (Å²) in [5.74, 6) is 0.870. The van der Waals surface area contributed by atoms with E-state index in [0.29, 0.717) is 0 Å².